The zero-order chi connectivity index (χ0) is 11.4. The van der Waals surface area contributed by atoms with Gasteiger partial charge in [-0.3, -0.25) is 4.90 Å². The molecule has 0 radical (unpaired) electrons. The van der Waals surface area contributed by atoms with Crippen molar-refractivity contribution in [2.24, 2.45) is 12.8 Å². The third-order valence-electron chi connectivity index (χ3n) is 3.53. The van der Waals surface area contributed by atoms with E-state index in [1.165, 1.54) is 31.5 Å². The van der Waals surface area contributed by atoms with Gasteiger partial charge in [0.25, 0.3) is 0 Å². The third kappa shape index (κ3) is 2.62. The minimum atomic E-state index is 0.675. The van der Waals surface area contributed by atoms with Gasteiger partial charge in [0, 0.05) is 25.8 Å². The van der Waals surface area contributed by atoms with E-state index in [0.29, 0.717) is 6.04 Å². The summed E-state index contributed by atoms with van der Waals surface area (Å²) in [6.07, 6.45) is 8.93. The van der Waals surface area contributed by atoms with Gasteiger partial charge >= 0.3 is 0 Å². The lowest BCUT2D eigenvalue weighted by Crippen LogP contribution is -2.40. The molecule has 1 aromatic heterocycles. The van der Waals surface area contributed by atoms with Gasteiger partial charge in [-0.15, -0.1) is 0 Å². The van der Waals surface area contributed by atoms with Gasteiger partial charge in [-0.1, -0.05) is 6.42 Å². The monoisotopic (exact) mass is 222 g/mol. The molecule has 16 heavy (non-hydrogen) atoms. The van der Waals surface area contributed by atoms with E-state index in [1.54, 1.807) is 0 Å². The maximum Gasteiger partial charge on any atom is 0.0945 e. The predicted molar refractivity (Wildman–Crippen MR) is 64.9 cm³/mol. The Morgan fingerprint density at radius 1 is 1.50 bits per heavy atom. The fourth-order valence-corrected chi connectivity index (χ4v) is 2.53. The average molecular weight is 222 g/mol. The van der Waals surface area contributed by atoms with Crippen LogP contribution in [-0.2, 0) is 13.6 Å². The molecule has 1 aliphatic heterocycles. The van der Waals surface area contributed by atoms with Gasteiger partial charge in [-0.25, -0.2) is 4.98 Å². The lowest BCUT2D eigenvalue weighted by Gasteiger charge is -2.35. The first-order chi connectivity index (χ1) is 7.81. The summed E-state index contributed by atoms with van der Waals surface area (Å²) in [5.41, 5.74) is 6.98. The first-order valence-corrected chi connectivity index (χ1v) is 6.20. The van der Waals surface area contributed by atoms with Crippen molar-refractivity contribution >= 4 is 0 Å². The third-order valence-corrected chi connectivity index (χ3v) is 3.53. The van der Waals surface area contributed by atoms with Crippen LogP contribution in [-0.4, -0.2) is 33.6 Å². The molecule has 1 unspecified atom stereocenters. The molecule has 0 aromatic carbocycles. The number of aromatic nitrogens is 2. The van der Waals surface area contributed by atoms with Crippen LogP contribution in [0.15, 0.2) is 12.5 Å². The van der Waals surface area contributed by atoms with E-state index in [1.807, 2.05) is 12.5 Å². The molecular weight excluding hydrogens is 200 g/mol. The molecule has 2 rings (SSSR count). The Morgan fingerprint density at radius 3 is 3.06 bits per heavy atom. The topological polar surface area (TPSA) is 47.1 Å². The van der Waals surface area contributed by atoms with Crippen LogP contribution in [0.1, 0.15) is 31.4 Å². The van der Waals surface area contributed by atoms with Gasteiger partial charge in [0.1, 0.15) is 0 Å². The molecule has 0 amide bonds. The second-order valence-corrected chi connectivity index (χ2v) is 4.69. The van der Waals surface area contributed by atoms with Crippen LogP contribution >= 0.6 is 0 Å². The van der Waals surface area contributed by atoms with E-state index >= 15 is 0 Å². The normalized spacial score (nSPS) is 22.5. The summed E-state index contributed by atoms with van der Waals surface area (Å²) >= 11 is 0. The number of aryl methyl sites for hydroxylation is 1. The van der Waals surface area contributed by atoms with Gasteiger partial charge < -0.3 is 10.3 Å². The largest absolute Gasteiger partial charge is 0.337 e. The molecule has 1 fully saturated rings. The molecule has 4 nitrogen and oxygen atoms in total. The fraction of sp³-hybridized carbons (Fsp3) is 0.750. The lowest BCUT2D eigenvalue weighted by atomic mass is 9.99. The average Bonchev–Trinajstić information content (AvgIpc) is 2.68. The highest BCUT2D eigenvalue weighted by Crippen LogP contribution is 2.21. The van der Waals surface area contributed by atoms with Crippen LogP contribution in [0.25, 0.3) is 0 Å². The van der Waals surface area contributed by atoms with Crippen LogP contribution in [0.2, 0.25) is 0 Å². The van der Waals surface area contributed by atoms with Crippen molar-refractivity contribution < 1.29 is 0 Å². The second kappa shape index (κ2) is 5.46. The Morgan fingerprint density at radius 2 is 2.38 bits per heavy atom. The minimum absolute atomic E-state index is 0.675. The first-order valence-electron chi connectivity index (χ1n) is 6.20. The maximum absolute atomic E-state index is 5.68. The minimum Gasteiger partial charge on any atom is -0.337 e. The standard InChI is InChI=1S/C12H22N4/c1-15-10-14-8-12(15)9-16-7-3-2-4-11(16)5-6-13/h8,10-11H,2-7,9,13H2,1H3. The van der Waals surface area contributed by atoms with E-state index < -0.39 is 0 Å². The van der Waals surface area contributed by atoms with Crippen molar-refractivity contribution in [3.63, 3.8) is 0 Å². The van der Waals surface area contributed by atoms with Gasteiger partial charge in [0.2, 0.25) is 0 Å². The lowest BCUT2D eigenvalue weighted by molar-refractivity contribution is 0.131. The summed E-state index contributed by atoms with van der Waals surface area (Å²) in [7, 11) is 2.06. The molecule has 90 valence electrons. The summed E-state index contributed by atoms with van der Waals surface area (Å²) in [4.78, 5) is 6.73. The van der Waals surface area contributed by atoms with E-state index in [0.717, 1.165) is 19.5 Å². The van der Waals surface area contributed by atoms with Crippen molar-refractivity contribution in [2.75, 3.05) is 13.1 Å². The first kappa shape index (κ1) is 11.6. The molecule has 0 aliphatic carbocycles. The second-order valence-electron chi connectivity index (χ2n) is 4.69. The van der Waals surface area contributed by atoms with E-state index in [-0.39, 0.29) is 0 Å². The Hall–Kier alpha value is -0.870. The number of imidazole rings is 1. The zero-order valence-electron chi connectivity index (χ0n) is 10.1. The van der Waals surface area contributed by atoms with Gasteiger partial charge in [-0.2, -0.15) is 0 Å². The number of nitrogens with two attached hydrogens (primary N) is 1. The van der Waals surface area contributed by atoms with E-state index in [4.69, 9.17) is 5.73 Å². The van der Waals surface area contributed by atoms with E-state index in [2.05, 4.69) is 21.5 Å². The quantitative estimate of drug-likeness (QED) is 0.830. The predicted octanol–water partition coefficient (Wildman–Crippen LogP) is 1.12. The molecule has 1 saturated heterocycles. The van der Waals surface area contributed by atoms with Crippen molar-refractivity contribution in [3.05, 3.63) is 18.2 Å². The molecule has 1 aromatic rings. The molecular formula is C12H22N4. The van der Waals surface area contributed by atoms with Gasteiger partial charge in [0.15, 0.2) is 0 Å². The van der Waals surface area contributed by atoms with Crippen LogP contribution in [0.4, 0.5) is 0 Å². The molecule has 1 atom stereocenters. The molecule has 0 spiro atoms. The van der Waals surface area contributed by atoms with Crippen LogP contribution < -0.4 is 5.73 Å². The Bertz CT molecular complexity index is 319. The summed E-state index contributed by atoms with van der Waals surface area (Å²) in [5, 5.41) is 0. The summed E-state index contributed by atoms with van der Waals surface area (Å²) in [5.74, 6) is 0. The van der Waals surface area contributed by atoms with Crippen molar-refractivity contribution in [2.45, 2.75) is 38.3 Å². The van der Waals surface area contributed by atoms with Crippen molar-refractivity contribution in [1.82, 2.24) is 14.5 Å². The Kier molecular flexibility index (Phi) is 3.96. The van der Waals surface area contributed by atoms with Crippen LogP contribution in [0, 0.1) is 0 Å². The highest BCUT2D eigenvalue weighted by Gasteiger charge is 2.22. The number of nitrogens with zero attached hydrogens (tertiary/aromatic N) is 3. The van der Waals surface area contributed by atoms with Gasteiger partial charge in [0.05, 0.1) is 12.0 Å². The Balaban J connectivity index is 1.98. The highest BCUT2D eigenvalue weighted by atomic mass is 15.2. The van der Waals surface area contributed by atoms with Crippen LogP contribution in [0.5, 0.6) is 0 Å². The smallest absolute Gasteiger partial charge is 0.0945 e. The summed E-state index contributed by atoms with van der Waals surface area (Å²) < 4.78 is 2.11. The van der Waals surface area contributed by atoms with Crippen molar-refractivity contribution in [1.29, 1.82) is 0 Å². The number of rotatable bonds is 4. The molecule has 1 aliphatic rings. The van der Waals surface area contributed by atoms with Gasteiger partial charge in [-0.05, 0) is 32.4 Å². The SMILES string of the molecule is Cn1cncc1CN1CCCCC1CCN. The fourth-order valence-electron chi connectivity index (χ4n) is 2.53. The Labute approximate surface area is 97.4 Å². The van der Waals surface area contributed by atoms with Crippen LogP contribution in [0.3, 0.4) is 0 Å². The highest BCUT2D eigenvalue weighted by molar-refractivity contribution is 4.98. The summed E-state index contributed by atoms with van der Waals surface area (Å²) in [6, 6.07) is 0.675. The summed E-state index contributed by atoms with van der Waals surface area (Å²) in [6.45, 7) is 3.02. The number of piperidine rings is 1. The molecule has 4 heteroatoms. The number of likely N-dealkylation sites (tertiary alicyclic amines) is 1. The zero-order valence-corrected chi connectivity index (χ0v) is 10.1. The molecule has 0 saturated carbocycles. The van der Waals surface area contributed by atoms with Crippen molar-refractivity contribution in [3.8, 4) is 0 Å². The number of hydrogen-bond donors (Lipinski definition) is 1. The molecule has 0 bridgehead atoms. The van der Waals surface area contributed by atoms with E-state index in [9.17, 15) is 0 Å². The molecule has 2 N–H and O–H groups in total. The molecule has 2 heterocycles. The number of hydrogen-bond acceptors (Lipinski definition) is 3. The maximum atomic E-state index is 5.68.